The summed E-state index contributed by atoms with van der Waals surface area (Å²) in [4.78, 5) is 22.1. The van der Waals surface area contributed by atoms with E-state index in [9.17, 15) is 4.79 Å². The Hall–Kier alpha value is -4.47. The summed E-state index contributed by atoms with van der Waals surface area (Å²) < 4.78 is 7.81. The molecule has 0 bridgehead atoms. The van der Waals surface area contributed by atoms with Crippen molar-refractivity contribution in [1.29, 1.82) is 0 Å². The molecular weight excluding hydrogens is 516 g/mol. The van der Waals surface area contributed by atoms with Gasteiger partial charge in [-0.25, -0.2) is 4.98 Å². The Morgan fingerprint density at radius 1 is 1.10 bits per heavy atom. The SMILES string of the molecule is CCOc1cc(-c2nncn2C)ccc1Nc1ncc(-c2ccc(C(=O)NC3CCC3)cc2)c(NCC(C)(C)C)n1. The van der Waals surface area contributed by atoms with Crippen molar-refractivity contribution in [1.82, 2.24) is 30.0 Å². The molecule has 1 saturated carbocycles. The van der Waals surface area contributed by atoms with Crippen LogP contribution in [0.5, 0.6) is 5.75 Å². The standard InChI is InChI=1S/C31H38N8O2/c1-6-41-26-16-22(28-38-34-19-39(28)5)14-15-25(26)36-30-32-17-24(27(37-30)33-18-31(2,3)4)20-10-12-21(13-11-20)29(40)35-23-8-7-9-23/h10-17,19,23H,6-9,18H2,1-5H3,(H,35,40)(H2,32,33,36,37). The van der Waals surface area contributed by atoms with Gasteiger partial charge in [-0.15, -0.1) is 10.2 Å². The van der Waals surface area contributed by atoms with Crippen molar-refractivity contribution in [2.45, 2.75) is 53.0 Å². The molecule has 41 heavy (non-hydrogen) atoms. The lowest BCUT2D eigenvalue weighted by atomic mass is 9.93. The van der Waals surface area contributed by atoms with Crippen LogP contribution in [0.1, 0.15) is 57.3 Å². The molecule has 10 heteroatoms. The lowest BCUT2D eigenvalue weighted by Crippen LogP contribution is -2.39. The third-order valence-electron chi connectivity index (χ3n) is 6.97. The van der Waals surface area contributed by atoms with Crippen molar-refractivity contribution in [3.8, 4) is 28.3 Å². The highest BCUT2D eigenvalue weighted by Gasteiger charge is 2.21. The van der Waals surface area contributed by atoms with Gasteiger partial charge >= 0.3 is 0 Å². The van der Waals surface area contributed by atoms with E-state index in [0.717, 1.165) is 47.6 Å². The molecule has 0 unspecified atom stereocenters. The number of aromatic nitrogens is 5. The summed E-state index contributed by atoms with van der Waals surface area (Å²) in [6.45, 7) is 9.67. The van der Waals surface area contributed by atoms with Crippen molar-refractivity contribution in [2.24, 2.45) is 12.5 Å². The topological polar surface area (TPSA) is 119 Å². The minimum atomic E-state index is -0.0292. The van der Waals surface area contributed by atoms with E-state index in [2.05, 4.69) is 51.9 Å². The van der Waals surface area contributed by atoms with Gasteiger partial charge in [0.25, 0.3) is 5.91 Å². The molecule has 1 fully saturated rings. The molecule has 2 heterocycles. The van der Waals surface area contributed by atoms with Gasteiger partial charge < -0.3 is 25.3 Å². The highest BCUT2D eigenvalue weighted by molar-refractivity contribution is 5.95. The number of carbonyl (C=O) groups is 1. The number of nitrogens with zero attached hydrogens (tertiary/aromatic N) is 5. The zero-order valence-corrected chi connectivity index (χ0v) is 24.4. The molecule has 10 nitrogen and oxygen atoms in total. The van der Waals surface area contributed by atoms with E-state index in [1.54, 1.807) is 12.5 Å². The second-order valence-corrected chi connectivity index (χ2v) is 11.6. The van der Waals surface area contributed by atoms with Crippen LogP contribution in [0.15, 0.2) is 55.0 Å². The molecule has 5 rings (SSSR count). The first-order valence-corrected chi connectivity index (χ1v) is 14.1. The van der Waals surface area contributed by atoms with Crippen molar-refractivity contribution < 1.29 is 9.53 Å². The van der Waals surface area contributed by atoms with Gasteiger partial charge in [-0.1, -0.05) is 32.9 Å². The molecule has 2 aromatic carbocycles. The van der Waals surface area contributed by atoms with Crippen LogP contribution in [0.3, 0.4) is 0 Å². The maximum absolute atomic E-state index is 12.6. The number of anilines is 3. The molecule has 0 radical (unpaired) electrons. The number of amides is 1. The second-order valence-electron chi connectivity index (χ2n) is 11.6. The van der Waals surface area contributed by atoms with E-state index < -0.39 is 0 Å². The van der Waals surface area contributed by atoms with Gasteiger partial charge in [0.1, 0.15) is 17.9 Å². The molecule has 1 aliphatic carbocycles. The van der Waals surface area contributed by atoms with Gasteiger partial charge in [0.15, 0.2) is 5.82 Å². The first-order chi connectivity index (χ1) is 19.7. The van der Waals surface area contributed by atoms with E-state index in [4.69, 9.17) is 9.72 Å². The molecule has 0 saturated heterocycles. The van der Waals surface area contributed by atoms with E-state index >= 15 is 0 Å². The normalized spacial score (nSPS) is 13.4. The van der Waals surface area contributed by atoms with Crippen LogP contribution in [-0.2, 0) is 7.05 Å². The molecule has 214 valence electrons. The van der Waals surface area contributed by atoms with Gasteiger partial charge in [-0.2, -0.15) is 4.98 Å². The fourth-order valence-electron chi connectivity index (χ4n) is 4.46. The molecule has 4 aromatic rings. The Morgan fingerprint density at radius 2 is 1.85 bits per heavy atom. The molecule has 2 aromatic heterocycles. The summed E-state index contributed by atoms with van der Waals surface area (Å²) in [5.41, 5.74) is 4.11. The summed E-state index contributed by atoms with van der Waals surface area (Å²) in [5, 5.41) is 18.1. The lowest BCUT2D eigenvalue weighted by Gasteiger charge is -2.26. The Labute approximate surface area is 241 Å². The molecule has 1 amide bonds. The van der Waals surface area contributed by atoms with Crippen LogP contribution in [0, 0.1) is 5.41 Å². The van der Waals surface area contributed by atoms with E-state index in [1.165, 1.54) is 6.42 Å². The summed E-state index contributed by atoms with van der Waals surface area (Å²) in [6, 6.07) is 13.7. The summed E-state index contributed by atoms with van der Waals surface area (Å²) in [5.74, 6) is 2.53. The van der Waals surface area contributed by atoms with Gasteiger partial charge in [0.05, 0.1) is 12.3 Å². The first kappa shape index (κ1) is 28.1. The van der Waals surface area contributed by atoms with Crippen molar-refractivity contribution in [3.05, 3.63) is 60.6 Å². The van der Waals surface area contributed by atoms with Gasteiger partial charge in [0, 0.05) is 42.5 Å². The maximum atomic E-state index is 12.6. The molecule has 0 spiro atoms. The zero-order valence-electron chi connectivity index (χ0n) is 24.4. The van der Waals surface area contributed by atoms with Crippen LogP contribution < -0.4 is 20.7 Å². The van der Waals surface area contributed by atoms with E-state index in [0.29, 0.717) is 35.7 Å². The van der Waals surface area contributed by atoms with Crippen LogP contribution in [0.25, 0.3) is 22.5 Å². The molecule has 3 N–H and O–H groups in total. The molecule has 0 aliphatic heterocycles. The average Bonchev–Trinajstić information content (AvgIpc) is 3.36. The fourth-order valence-corrected chi connectivity index (χ4v) is 4.46. The smallest absolute Gasteiger partial charge is 0.251 e. The second kappa shape index (κ2) is 12.0. The number of carbonyl (C=O) groups excluding carboxylic acids is 1. The highest BCUT2D eigenvalue weighted by atomic mass is 16.5. The third kappa shape index (κ3) is 6.82. The average molecular weight is 555 g/mol. The Morgan fingerprint density at radius 3 is 2.49 bits per heavy atom. The predicted octanol–water partition coefficient (Wildman–Crippen LogP) is 5.82. The molecule has 1 aliphatic rings. The van der Waals surface area contributed by atoms with E-state index in [1.807, 2.05) is 61.0 Å². The lowest BCUT2D eigenvalue weighted by molar-refractivity contribution is 0.0917. The quantitative estimate of drug-likeness (QED) is 0.224. The van der Waals surface area contributed by atoms with Crippen molar-refractivity contribution in [2.75, 3.05) is 23.8 Å². The number of hydrogen-bond donors (Lipinski definition) is 3. The van der Waals surface area contributed by atoms with Gasteiger partial charge in [0.2, 0.25) is 5.95 Å². The number of nitrogens with one attached hydrogen (secondary N) is 3. The van der Waals surface area contributed by atoms with Crippen molar-refractivity contribution in [3.63, 3.8) is 0 Å². The van der Waals surface area contributed by atoms with Crippen LogP contribution in [0.2, 0.25) is 0 Å². The summed E-state index contributed by atoms with van der Waals surface area (Å²) in [7, 11) is 1.90. The molecule has 0 atom stereocenters. The first-order valence-electron chi connectivity index (χ1n) is 14.1. The van der Waals surface area contributed by atoms with Crippen LogP contribution in [-0.4, -0.2) is 49.8 Å². The van der Waals surface area contributed by atoms with Gasteiger partial charge in [-0.05, 0) is 67.5 Å². The Balaban J connectivity index is 1.41. The Kier molecular flexibility index (Phi) is 8.19. The highest BCUT2D eigenvalue weighted by Crippen LogP contribution is 2.33. The summed E-state index contributed by atoms with van der Waals surface area (Å²) in [6.07, 6.45) is 6.77. The van der Waals surface area contributed by atoms with Gasteiger partial charge in [-0.3, -0.25) is 4.79 Å². The zero-order chi connectivity index (χ0) is 29.0. The fraction of sp³-hybridized carbons (Fsp3) is 0.387. The monoisotopic (exact) mass is 554 g/mol. The van der Waals surface area contributed by atoms with E-state index in [-0.39, 0.29) is 11.3 Å². The summed E-state index contributed by atoms with van der Waals surface area (Å²) >= 11 is 0. The molecular formula is C31H38N8O2. The van der Waals surface area contributed by atoms with Crippen molar-refractivity contribution >= 4 is 23.4 Å². The number of benzene rings is 2. The van der Waals surface area contributed by atoms with Crippen LogP contribution >= 0.6 is 0 Å². The number of ether oxygens (including phenoxy) is 1. The number of aryl methyl sites for hydroxylation is 1. The van der Waals surface area contributed by atoms with Crippen LogP contribution in [0.4, 0.5) is 17.5 Å². The maximum Gasteiger partial charge on any atom is 0.251 e. The minimum Gasteiger partial charge on any atom is -0.492 e. The minimum absolute atomic E-state index is 0.0292. The predicted molar refractivity (Wildman–Crippen MR) is 161 cm³/mol. The number of rotatable bonds is 10. The third-order valence-corrected chi connectivity index (χ3v) is 6.97. The largest absolute Gasteiger partial charge is 0.492 e. The Bertz CT molecular complexity index is 1500. The number of hydrogen-bond acceptors (Lipinski definition) is 8.